The molecular formula is C12H16N4S. The van der Waals surface area contributed by atoms with Crippen LogP contribution in [0.2, 0.25) is 0 Å². The van der Waals surface area contributed by atoms with Crippen LogP contribution in [-0.2, 0) is 6.42 Å². The molecule has 0 unspecified atom stereocenters. The molecule has 1 aromatic heterocycles. The summed E-state index contributed by atoms with van der Waals surface area (Å²) in [6.07, 6.45) is 0.797. The summed E-state index contributed by atoms with van der Waals surface area (Å²) in [4.78, 5) is 4.45. The van der Waals surface area contributed by atoms with Crippen LogP contribution in [0, 0.1) is 0 Å². The Bertz CT molecular complexity index is 441. The molecular weight excluding hydrogens is 232 g/mol. The third-order valence-corrected chi connectivity index (χ3v) is 3.03. The molecule has 1 heterocycles. The molecule has 0 aliphatic rings. The molecule has 0 aliphatic carbocycles. The van der Waals surface area contributed by atoms with E-state index < -0.39 is 0 Å². The lowest BCUT2D eigenvalue weighted by atomic mass is 10.1. The van der Waals surface area contributed by atoms with Crippen molar-refractivity contribution in [3.8, 4) is 0 Å². The van der Waals surface area contributed by atoms with E-state index in [1.165, 1.54) is 17.1 Å². The molecule has 2 N–H and O–H groups in total. The standard InChI is InChI=1S/C12H16N4S/c1-13-7-8-14-12-15-11(16-17-12)9-10-5-3-2-4-6-10/h2-6,13H,7-9H2,1H3,(H,14,15,16). The van der Waals surface area contributed by atoms with E-state index in [-0.39, 0.29) is 0 Å². The second kappa shape index (κ2) is 6.32. The number of nitrogens with one attached hydrogen (secondary N) is 2. The van der Waals surface area contributed by atoms with Crippen molar-refractivity contribution < 1.29 is 0 Å². The maximum Gasteiger partial charge on any atom is 0.202 e. The molecule has 90 valence electrons. The van der Waals surface area contributed by atoms with Crippen molar-refractivity contribution in [2.24, 2.45) is 0 Å². The summed E-state index contributed by atoms with van der Waals surface area (Å²) in [5, 5.41) is 7.21. The Morgan fingerprint density at radius 3 is 2.76 bits per heavy atom. The van der Waals surface area contributed by atoms with Gasteiger partial charge in [0.25, 0.3) is 0 Å². The van der Waals surface area contributed by atoms with Crippen LogP contribution in [-0.4, -0.2) is 29.5 Å². The molecule has 2 rings (SSSR count). The number of benzene rings is 1. The number of nitrogens with zero attached hydrogens (tertiary/aromatic N) is 2. The summed E-state index contributed by atoms with van der Waals surface area (Å²) in [5.74, 6) is 0.883. The van der Waals surface area contributed by atoms with E-state index in [2.05, 4.69) is 32.1 Å². The molecule has 0 bridgehead atoms. The summed E-state index contributed by atoms with van der Waals surface area (Å²) >= 11 is 1.42. The van der Waals surface area contributed by atoms with Gasteiger partial charge in [-0.3, -0.25) is 0 Å². The van der Waals surface area contributed by atoms with Crippen molar-refractivity contribution in [1.82, 2.24) is 14.7 Å². The molecule has 0 fully saturated rings. The fraction of sp³-hybridized carbons (Fsp3) is 0.333. The average Bonchev–Trinajstić information content (AvgIpc) is 2.79. The van der Waals surface area contributed by atoms with Gasteiger partial charge in [0.2, 0.25) is 5.13 Å². The Balaban J connectivity index is 1.90. The zero-order valence-corrected chi connectivity index (χ0v) is 10.6. The second-order valence-electron chi connectivity index (χ2n) is 3.71. The van der Waals surface area contributed by atoms with Gasteiger partial charge in [0.15, 0.2) is 0 Å². The summed E-state index contributed by atoms with van der Waals surface area (Å²) < 4.78 is 4.34. The van der Waals surface area contributed by atoms with Gasteiger partial charge in [-0.2, -0.15) is 4.37 Å². The first-order valence-electron chi connectivity index (χ1n) is 5.63. The molecule has 2 aromatic rings. The predicted octanol–water partition coefficient (Wildman–Crippen LogP) is 1.76. The van der Waals surface area contributed by atoms with Crippen LogP contribution in [0.5, 0.6) is 0 Å². The highest BCUT2D eigenvalue weighted by molar-refractivity contribution is 7.09. The summed E-state index contributed by atoms with van der Waals surface area (Å²) in [5.41, 5.74) is 1.24. The SMILES string of the molecule is CNCCNc1nc(Cc2ccccc2)ns1. The number of anilines is 1. The Hall–Kier alpha value is -1.46. The fourth-order valence-corrected chi connectivity index (χ4v) is 2.08. The van der Waals surface area contributed by atoms with Crippen molar-refractivity contribution >= 4 is 16.7 Å². The minimum absolute atomic E-state index is 0.797. The van der Waals surface area contributed by atoms with Crippen molar-refractivity contribution in [2.45, 2.75) is 6.42 Å². The molecule has 0 radical (unpaired) electrons. The maximum atomic E-state index is 4.45. The van der Waals surface area contributed by atoms with Gasteiger partial charge in [0.1, 0.15) is 5.82 Å². The van der Waals surface area contributed by atoms with Crippen molar-refractivity contribution in [3.63, 3.8) is 0 Å². The van der Waals surface area contributed by atoms with Gasteiger partial charge in [-0.25, -0.2) is 4.98 Å². The molecule has 17 heavy (non-hydrogen) atoms. The van der Waals surface area contributed by atoms with E-state index in [1.54, 1.807) is 0 Å². The highest BCUT2D eigenvalue weighted by Gasteiger charge is 2.03. The summed E-state index contributed by atoms with van der Waals surface area (Å²) in [6, 6.07) is 10.3. The van der Waals surface area contributed by atoms with Crippen LogP contribution < -0.4 is 10.6 Å². The largest absolute Gasteiger partial charge is 0.359 e. The minimum Gasteiger partial charge on any atom is -0.359 e. The van der Waals surface area contributed by atoms with Gasteiger partial charge in [-0.15, -0.1) is 0 Å². The van der Waals surface area contributed by atoms with E-state index >= 15 is 0 Å². The van der Waals surface area contributed by atoms with Crippen molar-refractivity contribution in [2.75, 3.05) is 25.5 Å². The zero-order chi connectivity index (χ0) is 11.9. The molecule has 0 atom stereocenters. The molecule has 0 saturated carbocycles. The van der Waals surface area contributed by atoms with E-state index in [4.69, 9.17) is 0 Å². The van der Waals surface area contributed by atoms with Crippen LogP contribution in [0.25, 0.3) is 0 Å². The molecule has 0 saturated heterocycles. The third-order valence-electron chi connectivity index (χ3n) is 2.32. The van der Waals surface area contributed by atoms with E-state index in [1.807, 2.05) is 25.2 Å². The van der Waals surface area contributed by atoms with Crippen LogP contribution >= 0.6 is 11.5 Å². The Morgan fingerprint density at radius 2 is 2.00 bits per heavy atom. The monoisotopic (exact) mass is 248 g/mol. The molecule has 5 heteroatoms. The van der Waals surface area contributed by atoms with Gasteiger partial charge in [0, 0.05) is 31.0 Å². The number of aromatic nitrogens is 2. The van der Waals surface area contributed by atoms with Gasteiger partial charge in [-0.1, -0.05) is 30.3 Å². The highest BCUT2D eigenvalue weighted by atomic mass is 32.1. The first-order chi connectivity index (χ1) is 8.38. The van der Waals surface area contributed by atoms with Gasteiger partial charge in [-0.05, 0) is 12.6 Å². The normalized spacial score (nSPS) is 10.4. The fourth-order valence-electron chi connectivity index (χ4n) is 1.47. The Morgan fingerprint density at radius 1 is 1.18 bits per heavy atom. The Kier molecular flexibility index (Phi) is 4.46. The first-order valence-corrected chi connectivity index (χ1v) is 6.41. The lowest BCUT2D eigenvalue weighted by molar-refractivity contribution is 0.822. The number of likely N-dealkylation sites (N-methyl/N-ethyl adjacent to an activating group) is 1. The molecule has 4 nitrogen and oxygen atoms in total. The predicted molar refractivity (Wildman–Crippen MR) is 71.6 cm³/mol. The van der Waals surface area contributed by atoms with Crippen molar-refractivity contribution in [1.29, 1.82) is 0 Å². The van der Waals surface area contributed by atoms with E-state index in [0.29, 0.717) is 0 Å². The van der Waals surface area contributed by atoms with Crippen LogP contribution in [0.3, 0.4) is 0 Å². The average molecular weight is 248 g/mol. The topological polar surface area (TPSA) is 49.8 Å². The van der Waals surface area contributed by atoms with Crippen LogP contribution in [0.1, 0.15) is 11.4 Å². The van der Waals surface area contributed by atoms with E-state index in [9.17, 15) is 0 Å². The molecule has 0 spiro atoms. The van der Waals surface area contributed by atoms with Gasteiger partial charge in [0.05, 0.1) is 0 Å². The number of hydrogen-bond acceptors (Lipinski definition) is 5. The number of hydrogen-bond donors (Lipinski definition) is 2. The first kappa shape index (κ1) is 12.0. The van der Waals surface area contributed by atoms with E-state index in [0.717, 1.165) is 30.5 Å². The molecule has 0 aliphatic heterocycles. The highest BCUT2D eigenvalue weighted by Crippen LogP contribution is 2.13. The lowest BCUT2D eigenvalue weighted by Gasteiger charge is -1.99. The van der Waals surface area contributed by atoms with Crippen LogP contribution in [0.15, 0.2) is 30.3 Å². The third kappa shape index (κ3) is 3.80. The lowest BCUT2D eigenvalue weighted by Crippen LogP contribution is -2.17. The minimum atomic E-state index is 0.797. The van der Waals surface area contributed by atoms with Gasteiger partial charge < -0.3 is 10.6 Å². The van der Waals surface area contributed by atoms with Crippen LogP contribution in [0.4, 0.5) is 5.13 Å². The smallest absolute Gasteiger partial charge is 0.202 e. The van der Waals surface area contributed by atoms with Crippen molar-refractivity contribution in [3.05, 3.63) is 41.7 Å². The second-order valence-corrected chi connectivity index (χ2v) is 4.46. The summed E-state index contributed by atoms with van der Waals surface area (Å²) in [6.45, 7) is 1.80. The maximum absolute atomic E-state index is 4.45. The number of rotatable bonds is 6. The summed E-state index contributed by atoms with van der Waals surface area (Å²) in [7, 11) is 1.93. The van der Waals surface area contributed by atoms with Gasteiger partial charge >= 0.3 is 0 Å². The molecule has 1 aromatic carbocycles. The zero-order valence-electron chi connectivity index (χ0n) is 9.81. The molecule has 0 amide bonds. The Labute approximate surface area is 105 Å². The quantitative estimate of drug-likeness (QED) is 0.765.